The van der Waals surface area contributed by atoms with E-state index >= 15 is 0 Å². The predicted molar refractivity (Wildman–Crippen MR) is 95.0 cm³/mol. The van der Waals surface area contributed by atoms with E-state index in [1.165, 1.54) is 11.0 Å². The molecule has 7 heteroatoms. The first-order chi connectivity index (χ1) is 12.5. The van der Waals surface area contributed by atoms with Crippen molar-refractivity contribution in [2.45, 2.75) is 6.92 Å². The van der Waals surface area contributed by atoms with E-state index in [0.717, 1.165) is 11.3 Å². The van der Waals surface area contributed by atoms with Crippen LogP contribution in [0.3, 0.4) is 0 Å². The van der Waals surface area contributed by atoms with Crippen LogP contribution < -0.4 is 4.74 Å². The smallest absolute Gasteiger partial charge is 0.275 e. The highest BCUT2D eigenvalue weighted by Crippen LogP contribution is 2.15. The van der Waals surface area contributed by atoms with Gasteiger partial charge >= 0.3 is 0 Å². The number of ether oxygens (including phenoxy) is 1. The lowest BCUT2D eigenvalue weighted by atomic mass is 10.2. The number of hydrogen-bond donors (Lipinski definition) is 0. The van der Waals surface area contributed by atoms with Gasteiger partial charge in [0.15, 0.2) is 17.3 Å². The van der Waals surface area contributed by atoms with Crippen LogP contribution >= 0.6 is 0 Å². The maximum atomic E-state index is 13.5. The van der Waals surface area contributed by atoms with Gasteiger partial charge in [0.1, 0.15) is 6.61 Å². The molecule has 134 valence electrons. The molecule has 3 rings (SSSR count). The highest BCUT2D eigenvalue weighted by Gasteiger charge is 2.16. The number of rotatable bonds is 6. The molecule has 1 amide bonds. The van der Waals surface area contributed by atoms with Crippen LogP contribution in [0.2, 0.25) is 0 Å². The minimum atomic E-state index is -0.428. The number of likely N-dealkylation sites (N-methyl/N-ethyl adjacent to an activating group) is 1. The Kier molecular flexibility index (Phi) is 5.26. The summed E-state index contributed by atoms with van der Waals surface area (Å²) in [6.45, 7) is 2.47. The molecule has 0 spiro atoms. The van der Waals surface area contributed by atoms with E-state index < -0.39 is 5.82 Å². The Labute approximate surface area is 150 Å². The maximum absolute atomic E-state index is 13.5. The highest BCUT2D eigenvalue weighted by molar-refractivity contribution is 5.91. The monoisotopic (exact) mass is 354 g/mol. The first-order valence-corrected chi connectivity index (χ1v) is 8.17. The molecule has 26 heavy (non-hydrogen) atoms. The van der Waals surface area contributed by atoms with Gasteiger partial charge < -0.3 is 9.64 Å². The molecule has 0 aliphatic carbocycles. The molecule has 0 radical (unpaired) electrons. The summed E-state index contributed by atoms with van der Waals surface area (Å²) in [7, 11) is 1.64. The largest absolute Gasteiger partial charge is 0.489 e. The normalized spacial score (nSPS) is 10.6. The summed E-state index contributed by atoms with van der Waals surface area (Å²) in [4.78, 5) is 13.9. The van der Waals surface area contributed by atoms with Gasteiger partial charge in [-0.15, -0.1) is 5.10 Å². The molecule has 0 saturated heterocycles. The topological polar surface area (TPSA) is 60.2 Å². The molecular weight excluding hydrogens is 335 g/mol. The van der Waals surface area contributed by atoms with Crippen LogP contribution in [0.5, 0.6) is 5.75 Å². The number of aryl methyl sites for hydroxylation is 1. The van der Waals surface area contributed by atoms with Crippen LogP contribution in [0.15, 0.2) is 54.7 Å². The molecule has 0 N–H and O–H groups in total. The van der Waals surface area contributed by atoms with E-state index in [2.05, 4.69) is 10.3 Å². The quantitative estimate of drug-likeness (QED) is 0.683. The van der Waals surface area contributed by atoms with Gasteiger partial charge in [-0.2, -0.15) is 0 Å². The lowest BCUT2D eigenvalue weighted by Gasteiger charge is -2.16. The molecule has 0 bridgehead atoms. The number of carbonyl (C=O) groups is 1. The van der Waals surface area contributed by atoms with Crippen molar-refractivity contribution in [1.29, 1.82) is 0 Å². The summed E-state index contributed by atoms with van der Waals surface area (Å²) >= 11 is 0. The zero-order valence-electron chi connectivity index (χ0n) is 14.6. The molecule has 3 aromatic rings. The Bertz CT molecular complexity index is 893. The summed E-state index contributed by atoms with van der Waals surface area (Å²) in [5.41, 5.74) is 2.20. The molecule has 0 aliphatic heterocycles. The minimum Gasteiger partial charge on any atom is -0.489 e. The number of carbonyl (C=O) groups excluding carboxylic acids is 1. The maximum Gasteiger partial charge on any atom is 0.275 e. The van der Waals surface area contributed by atoms with Crippen LogP contribution in [0, 0.1) is 12.7 Å². The molecule has 1 heterocycles. The average Bonchev–Trinajstić information content (AvgIpc) is 3.13. The first-order valence-electron chi connectivity index (χ1n) is 8.17. The Morgan fingerprint density at radius 1 is 1.19 bits per heavy atom. The number of para-hydroxylation sites is 1. The van der Waals surface area contributed by atoms with Crippen molar-refractivity contribution >= 4 is 5.91 Å². The van der Waals surface area contributed by atoms with E-state index in [1.54, 1.807) is 36.1 Å². The molecule has 0 atom stereocenters. The lowest BCUT2D eigenvalue weighted by Crippen LogP contribution is -2.31. The number of hydrogen-bond acceptors (Lipinski definition) is 4. The van der Waals surface area contributed by atoms with Crippen molar-refractivity contribution in [1.82, 2.24) is 19.9 Å². The van der Waals surface area contributed by atoms with Crippen LogP contribution in [-0.4, -0.2) is 46.0 Å². The molecule has 1 aromatic heterocycles. The number of halogens is 1. The fourth-order valence-corrected chi connectivity index (χ4v) is 2.34. The average molecular weight is 354 g/mol. The standard InChI is InChI=1S/C19H19FN4O2/c1-14-7-9-15(10-8-14)24-13-17(21-22-24)19(25)23(2)11-12-26-18-6-4-3-5-16(18)20/h3-10,13H,11-12H2,1-2H3. The summed E-state index contributed by atoms with van der Waals surface area (Å²) < 4.78 is 20.4. The van der Waals surface area contributed by atoms with E-state index in [-0.39, 0.29) is 24.0 Å². The third-order valence-corrected chi connectivity index (χ3v) is 3.88. The van der Waals surface area contributed by atoms with Crippen LogP contribution in [0.1, 0.15) is 16.1 Å². The van der Waals surface area contributed by atoms with Gasteiger partial charge in [0.05, 0.1) is 18.4 Å². The van der Waals surface area contributed by atoms with Crippen molar-refractivity contribution in [3.63, 3.8) is 0 Å². The molecular formula is C19H19FN4O2. The SMILES string of the molecule is Cc1ccc(-n2cc(C(=O)N(C)CCOc3ccccc3F)nn2)cc1. The van der Waals surface area contributed by atoms with Crippen molar-refractivity contribution in [3.8, 4) is 11.4 Å². The molecule has 6 nitrogen and oxygen atoms in total. The number of benzene rings is 2. The fourth-order valence-electron chi connectivity index (χ4n) is 2.34. The molecule has 0 aliphatic rings. The van der Waals surface area contributed by atoms with Gasteiger partial charge in [-0.25, -0.2) is 9.07 Å². The van der Waals surface area contributed by atoms with Gasteiger partial charge in [-0.3, -0.25) is 4.79 Å². The second-order valence-corrected chi connectivity index (χ2v) is 5.89. The molecule has 2 aromatic carbocycles. The summed E-state index contributed by atoms with van der Waals surface area (Å²) in [6.07, 6.45) is 1.58. The van der Waals surface area contributed by atoms with Crippen molar-refractivity contribution in [2.75, 3.05) is 20.2 Å². The van der Waals surface area contributed by atoms with Gasteiger partial charge in [0, 0.05) is 7.05 Å². The van der Waals surface area contributed by atoms with Gasteiger partial charge in [-0.05, 0) is 31.2 Å². The summed E-state index contributed by atoms with van der Waals surface area (Å²) in [5, 5.41) is 7.93. The van der Waals surface area contributed by atoms with E-state index in [4.69, 9.17) is 4.74 Å². The van der Waals surface area contributed by atoms with E-state index in [9.17, 15) is 9.18 Å². The highest BCUT2D eigenvalue weighted by atomic mass is 19.1. The molecule has 0 fully saturated rings. The van der Waals surface area contributed by atoms with Crippen molar-refractivity contribution in [2.24, 2.45) is 0 Å². The van der Waals surface area contributed by atoms with Crippen LogP contribution in [-0.2, 0) is 0 Å². The third-order valence-electron chi connectivity index (χ3n) is 3.88. The zero-order valence-corrected chi connectivity index (χ0v) is 14.6. The van der Waals surface area contributed by atoms with Crippen LogP contribution in [0.4, 0.5) is 4.39 Å². The van der Waals surface area contributed by atoms with Crippen molar-refractivity contribution in [3.05, 3.63) is 71.8 Å². The number of aromatic nitrogens is 3. The second kappa shape index (κ2) is 7.77. The Morgan fingerprint density at radius 3 is 2.65 bits per heavy atom. The predicted octanol–water partition coefficient (Wildman–Crippen LogP) is 2.87. The van der Waals surface area contributed by atoms with Gasteiger partial charge in [-0.1, -0.05) is 35.0 Å². The fraction of sp³-hybridized carbons (Fsp3) is 0.211. The van der Waals surface area contributed by atoms with E-state index in [1.807, 2.05) is 31.2 Å². The molecule has 0 unspecified atom stereocenters. The Morgan fingerprint density at radius 2 is 1.92 bits per heavy atom. The summed E-state index contributed by atoms with van der Waals surface area (Å²) in [6, 6.07) is 13.9. The Balaban J connectivity index is 1.58. The summed E-state index contributed by atoms with van der Waals surface area (Å²) in [5.74, 6) is -0.540. The molecule has 0 saturated carbocycles. The van der Waals surface area contributed by atoms with E-state index in [0.29, 0.717) is 6.54 Å². The second-order valence-electron chi connectivity index (χ2n) is 5.89. The van der Waals surface area contributed by atoms with Crippen LogP contribution in [0.25, 0.3) is 5.69 Å². The third kappa shape index (κ3) is 4.05. The van der Waals surface area contributed by atoms with Crippen molar-refractivity contribution < 1.29 is 13.9 Å². The zero-order chi connectivity index (χ0) is 18.5. The van der Waals surface area contributed by atoms with Gasteiger partial charge in [0.25, 0.3) is 5.91 Å². The number of nitrogens with zero attached hydrogens (tertiary/aromatic N) is 4. The Hall–Kier alpha value is -3.22. The van der Waals surface area contributed by atoms with Gasteiger partial charge in [0.2, 0.25) is 0 Å². The first kappa shape index (κ1) is 17.6. The lowest BCUT2D eigenvalue weighted by molar-refractivity contribution is 0.0767. The minimum absolute atomic E-state index is 0.165. The number of amides is 1.